The van der Waals surface area contributed by atoms with E-state index in [9.17, 15) is 13.2 Å². The second-order valence-corrected chi connectivity index (χ2v) is 12.4. The molecular formula is C31H33NO5S2. The van der Waals surface area contributed by atoms with Crippen molar-refractivity contribution in [1.82, 2.24) is 4.90 Å². The van der Waals surface area contributed by atoms with Gasteiger partial charge in [0.15, 0.2) is 0 Å². The van der Waals surface area contributed by atoms with Crippen LogP contribution in [-0.2, 0) is 23.8 Å². The number of ether oxygens (including phenoxy) is 1. The number of hydrogen-bond donors (Lipinski definition) is 0. The van der Waals surface area contributed by atoms with Gasteiger partial charge >= 0.3 is 6.09 Å². The highest BCUT2D eigenvalue weighted by Gasteiger charge is 2.44. The monoisotopic (exact) mass is 563 g/mol. The summed E-state index contributed by atoms with van der Waals surface area (Å²) in [5.41, 5.74) is 3.44. The van der Waals surface area contributed by atoms with Crippen LogP contribution in [0.1, 0.15) is 23.1 Å². The lowest BCUT2D eigenvalue weighted by atomic mass is 9.84. The maximum atomic E-state index is 13.0. The summed E-state index contributed by atoms with van der Waals surface area (Å²) in [4.78, 5) is 14.7. The van der Waals surface area contributed by atoms with Crippen LogP contribution < -0.4 is 0 Å². The van der Waals surface area contributed by atoms with E-state index in [2.05, 4.69) is 79.4 Å². The van der Waals surface area contributed by atoms with Crippen molar-refractivity contribution in [2.24, 2.45) is 0 Å². The number of carbonyl (C=O) groups is 1. The minimum Gasteiger partial charge on any atom is -0.445 e. The number of hydrogen-bond acceptors (Lipinski definition) is 6. The fourth-order valence-corrected chi connectivity index (χ4v) is 7.04. The van der Waals surface area contributed by atoms with Gasteiger partial charge in [-0.05, 0) is 23.1 Å². The molecule has 0 radical (unpaired) electrons. The third-order valence-corrected chi connectivity index (χ3v) is 8.78. The number of rotatable bonds is 11. The van der Waals surface area contributed by atoms with Crippen molar-refractivity contribution in [2.75, 3.05) is 26.0 Å². The fourth-order valence-electron chi connectivity index (χ4n) is 4.87. The summed E-state index contributed by atoms with van der Waals surface area (Å²) in [6, 6.07) is 31.0. The maximum absolute atomic E-state index is 13.0. The zero-order chi connectivity index (χ0) is 27.7. The predicted molar refractivity (Wildman–Crippen MR) is 157 cm³/mol. The largest absolute Gasteiger partial charge is 0.445 e. The first kappa shape index (κ1) is 28.7. The molecule has 0 spiro atoms. The van der Waals surface area contributed by atoms with E-state index in [-0.39, 0.29) is 24.5 Å². The molecule has 1 heterocycles. The molecule has 4 rings (SSSR count). The molecule has 0 bridgehead atoms. The van der Waals surface area contributed by atoms with Crippen molar-refractivity contribution in [3.8, 4) is 0 Å². The van der Waals surface area contributed by atoms with Crippen LogP contribution in [0.2, 0.25) is 0 Å². The molecule has 8 heteroatoms. The lowest BCUT2D eigenvalue weighted by molar-refractivity contribution is 0.114. The molecule has 3 aromatic carbocycles. The van der Waals surface area contributed by atoms with Gasteiger partial charge in [0.1, 0.15) is 6.61 Å². The van der Waals surface area contributed by atoms with E-state index in [1.807, 2.05) is 36.0 Å². The van der Waals surface area contributed by atoms with E-state index in [1.165, 1.54) is 6.08 Å². The third-order valence-electron chi connectivity index (χ3n) is 6.49. The van der Waals surface area contributed by atoms with Crippen molar-refractivity contribution in [1.29, 1.82) is 0 Å². The van der Waals surface area contributed by atoms with Crippen LogP contribution in [0.3, 0.4) is 0 Å². The van der Waals surface area contributed by atoms with Gasteiger partial charge in [0.25, 0.3) is 10.1 Å². The molecule has 0 saturated carbocycles. The van der Waals surface area contributed by atoms with Gasteiger partial charge in [-0.3, -0.25) is 4.18 Å². The number of likely N-dealkylation sites (tertiary alicyclic amines) is 1. The number of benzene rings is 3. The lowest BCUT2D eigenvalue weighted by Crippen LogP contribution is -2.36. The Morgan fingerprint density at radius 3 is 1.92 bits per heavy atom. The first-order valence-electron chi connectivity index (χ1n) is 12.7. The van der Waals surface area contributed by atoms with Crippen LogP contribution in [0.4, 0.5) is 4.79 Å². The quantitative estimate of drug-likeness (QED) is 0.162. The Balaban J connectivity index is 1.72. The first-order chi connectivity index (χ1) is 18.8. The van der Waals surface area contributed by atoms with Crippen LogP contribution in [0.15, 0.2) is 116 Å². The highest BCUT2D eigenvalue weighted by molar-refractivity contribution is 8.01. The van der Waals surface area contributed by atoms with E-state index in [1.54, 1.807) is 11.0 Å². The Bertz CT molecular complexity index is 1270. The Kier molecular flexibility index (Phi) is 9.67. The summed E-state index contributed by atoms with van der Waals surface area (Å²) < 4.78 is 32.5. The Labute approximate surface area is 235 Å². The number of nitrogens with zero attached hydrogens (tertiary/aromatic N) is 1. The smallest absolute Gasteiger partial charge is 0.410 e. The van der Waals surface area contributed by atoms with Gasteiger partial charge in [-0.15, -0.1) is 11.8 Å². The number of amides is 1. The molecule has 1 aliphatic rings. The average molecular weight is 564 g/mol. The van der Waals surface area contributed by atoms with Gasteiger partial charge in [0, 0.05) is 11.8 Å². The first-order valence-corrected chi connectivity index (χ1v) is 15.4. The van der Waals surface area contributed by atoms with Crippen molar-refractivity contribution in [3.63, 3.8) is 0 Å². The fraction of sp³-hybridized carbons (Fsp3) is 0.258. The minimum absolute atomic E-state index is 0.0485. The van der Waals surface area contributed by atoms with Gasteiger partial charge in [-0.1, -0.05) is 116 Å². The minimum atomic E-state index is -3.56. The van der Waals surface area contributed by atoms with Crippen LogP contribution >= 0.6 is 11.8 Å². The molecule has 0 N–H and O–H groups in total. The standard InChI is InChI=1S/C31H33NO5S2/c1-3-21-36-30(33)32-24-29(23-28(32)20-13-22-37-39(2,34)35)38-31(25-14-7-4-8-15-25,26-16-9-5-10-17-26)27-18-11-6-12-19-27/h3-20,28-29H,1,21-24H2,2H3/b20-13-. The Morgan fingerprint density at radius 1 is 0.949 bits per heavy atom. The van der Waals surface area contributed by atoms with Crippen molar-refractivity contribution >= 4 is 28.0 Å². The summed E-state index contributed by atoms with van der Waals surface area (Å²) in [6.45, 7) is 4.13. The topological polar surface area (TPSA) is 72.9 Å². The third kappa shape index (κ3) is 7.20. The van der Waals surface area contributed by atoms with E-state index in [4.69, 9.17) is 8.92 Å². The van der Waals surface area contributed by atoms with E-state index < -0.39 is 21.0 Å². The van der Waals surface area contributed by atoms with Crippen molar-refractivity contribution < 1.29 is 22.1 Å². The summed E-state index contributed by atoms with van der Waals surface area (Å²) >= 11 is 1.82. The maximum Gasteiger partial charge on any atom is 0.410 e. The Morgan fingerprint density at radius 2 is 1.46 bits per heavy atom. The second-order valence-electron chi connectivity index (χ2n) is 9.26. The lowest BCUT2D eigenvalue weighted by Gasteiger charge is -2.37. The molecule has 1 fully saturated rings. The molecule has 1 amide bonds. The molecule has 3 aromatic rings. The van der Waals surface area contributed by atoms with Crippen molar-refractivity contribution in [2.45, 2.75) is 22.5 Å². The van der Waals surface area contributed by atoms with Gasteiger partial charge in [0.05, 0.1) is 23.7 Å². The predicted octanol–water partition coefficient (Wildman–Crippen LogP) is 6.01. The highest BCUT2D eigenvalue weighted by atomic mass is 32.2. The van der Waals surface area contributed by atoms with Crippen molar-refractivity contribution in [3.05, 3.63) is 132 Å². The molecule has 1 saturated heterocycles. The Hall–Kier alpha value is -3.33. The summed E-state index contributed by atoms with van der Waals surface area (Å²) in [5.74, 6) is 0. The van der Waals surface area contributed by atoms with Crippen LogP contribution in [-0.4, -0.2) is 56.7 Å². The molecule has 6 nitrogen and oxygen atoms in total. The number of thioether (sulfide) groups is 1. The zero-order valence-corrected chi connectivity index (χ0v) is 23.5. The molecule has 0 aliphatic carbocycles. The molecule has 2 unspecified atom stereocenters. The van der Waals surface area contributed by atoms with Gasteiger partial charge in [-0.25, -0.2) is 4.79 Å². The average Bonchev–Trinajstić information content (AvgIpc) is 3.36. The van der Waals surface area contributed by atoms with Gasteiger partial charge in [0.2, 0.25) is 0 Å². The SMILES string of the molecule is C=CCOC(=O)N1CC(SC(c2ccccc2)(c2ccccc2)c2ccccc2)CC1/C=C\COS(C)(=O)=O. The summed E-state index contributed by atoms with van der Waals surface area (Å²) in [6.07, 6.45) is 6.26. The van der Waals surface area contributed by atoms with Gasteiger partial charge in [-0.2, -0.15) is 8.42 Å². The molecule has 0 aromatic heterocycles. The molecule has 39 heavy (non-hydrogen) atoms. The van der Waals surface area contributed by atoms with E-state index in [0.717, 1.165) is 22.9 Å². The van der Waals surface area contributed by atoms with Crippen LogP contribution in [0, 0.1) is 0 Å². The normalized spacial score (nSPS) is 17.8. The van der Waals surface area contributed by atoms with E-state index >= 15 is 0 Å². The summed E-state index contributed by atoms with van der Waals surface area (Å²) in [7, 11) is -3.56. The summed E-state index contributed by atoms with van der Waals surface area (Å²) in [5, 5.41) is 0.0485. The molecule has 2 atom stereocenters. The van der Waals surface area contributed by atoms with Crippen LogP contribution in [0.5, 0.6) is 0 Å². The van der Waals surface area contributed by atoms with E-state index in [0.29, 0.717) is 13.0 Å². The number of carbonyl (C=O) groups excluding carboxylic acids is 1. The highest BCUT2D eigenvalue weighted by Crippen LogP contribution is 2.52. The second kappa shape index (κ2) is 13.2. The molecule has 204 valence electrons. The van der Waals surface area contributed by atoms with Crippen LogP contribution in [0.25, 0.3) is 0 Å². The zero-order valence-electron chi connectivity index (χ0n) is 21.9. The van der Waals surface area contributed by atoms with Gasteiger partial charge < -0.3 is 9.64 Å². The molecular weight excluding hydrogens is 530 g/mol. The molecule has 1 aliphatic heterocycles.